The van der Waals surface area contributed by atoms with Gasteiger partial charge in [0.2, 0.25) is 5.91 Å². The van der Waals surface area contributed by atoms with Crippen molar-refractivity contribution in [2.75, 3.05) is 31.7 Å². The molecule has 3 N–H and O–H groups in total. The van der Waals surface area contributed by atoms with Gasteiger partial charge in [-0.3, -0.25) is 4.79 Å². The normalized spacial score (nSPS) is 18.5. The predicted octanol–water partition coefficient (Wildman–Crippen LogP) is 1.14. The lowest BCUT2D eigenvalue weighted by Gasteiger charge is -2.09. The molecule has 1 atom stereocenters. The number of hydrogen-bond acceptors (Lipinski definition) is 4. The molecule has 0 saturated carbocycles. The van der Waals surface area contributed by atoms with E-state index in [1.165, 1.54) is 0 Å². The smallest absolute Gasteiger partial charge is 0.250 e. The Morgan fingerprint density at radius 1 is 1.42 bits per heavy atom. The topological polar surface area (TPSA) is 73.6 Å². The summed E-state index contributed by atoms with van der Waals surface area (Å²) in [6, 6.07) is 7.47. The zero-order valence-electron chi connectivity index (χ0n) is 10.9. The van der Waals surface area contributed by atoms with Crippen LogP contribution in [-0.4, -0.2) is 32.3 Å². The van der Waals surface area contributed by atoms with Crippen molar-refractivity contribution in [1.82, 2.24) is 0 Å². The van der Waals surface area contributed by atoms with Crippen molar-refractivity contribution in [3.63, 3.8) is 0 Å². The van der Waals surface area contributed by atoms with Crippen molar-refractivity contribution in [2.45, 2.75) is 13.0 Å². The van der Waals surface area contributed by atoms with E-state index in [-0.39, 0.29) is 12.5 Å². The fourth-order valence-corrected chi connectivity index (χ4v) is 1.95. The van der Waals surface area contributed by atoms with Gasteiger partial charge in [0, 0.05) is 24.8 Å². The van der Waals surface area contributed by atoms with Gasteiger partial charge in [-0.05, 0) is 24.1 Å². The minimum Gasteiger partial charge on any atom is -0.381 e. The van der Waals surface area contributed by atoms with Crippen molar-refractivity contribution in [3.05, 3.63) is 29.8 Å². The number of nitrogens with one attached hydrogen (secondary N) is 1. The minimum absolute atomic E-state index is 0.0785. The van der Waals surface area contributed by atoms with Gasteiger partial charge in [0.1, 0.15) is 6.61 Å². The van der Waals surface area contributed by atoms with Gasteiger partial charge in [0.25, 0.3) is 0 Å². The zero-order valence-corrected chi connectivity index (χ0v) is 10.9. The molecule has 0 bridgehead atoms. The van der Waals surface area contributed by atoms with Gasteiger partial charge in [0.15, 0.2) is 0 Å². The standard InChI is InChI=1S/C14H20N2O3/c15-7-11-1-3-13(4-2-11)16-14(17)10-19-9-12-5-6-18-8-12/h1-4,12H,5-10,15H2,(H,16,17). The maximum absolute atomic E-state index is 11.6. The summed E-state index contributed by atoms with van der Waals surface area (Å²) >= 11 is 0. The average Bonchev–Trinajstić information content (AvgIpc) is 2.93. The maximum Gasteiger partial charge on any atom is 0.250 e. The van der Waals surface area contributed by atoms with Gasteiger partial charge in [-0.1, -0.05) is 12.1 Å². The van der Waals surface area contributed by atoms with Crippen LogP contribution < -0.4 is 11.1 Å². The summed E-state index contributed by atoms with van der Waals surface area (Å²) in [7, 11) is 0. The number of nitrogens with two attached hydrogens (primary N) is 1. The summed E-state index contributed by atoms with van der Waals surface area (Å²) in [5.74, 6) is 0.288. The maximum atomic E-state index is 11.6. The van der Waals surface area contributed by atoms with Crippen LogP contribution in [0.5, 0.6) is 0 Å². The minimum atomic E-state index is -0.139. The molecule has 0 aromatic heterocycles. The molecule has 1 fully saturated rings. The number of benzene rings is 1. The molecule has 2 rings (SSSR count). The second-order valence-electron chi connectivity index (χ2n) is 4.69. The Kier molecular flexibility index (Phi) is 5.32. The first-order valence-corrected chi connectivity index (χ1v) is 6.52. The molecule has 5 heteroatoms. The van der Waals surface area contributed by atoms with Crippen molar-refractivity contribution in [3.8, 4) is 0 Å². The summed E-state index contributed by atoms with van der Waals surface area (Å²) in [5.41, 5.74) is 7.31. The van der Waals surface area contributed by atoms with E-state index in [1.807, 2.05) is 24.3 Å². The van der Waals surface area contributed by atoms with Crippen LogP contribution in [0.1, 0.15) is 12.0 Å². The Balaban J connectivity index is 1.68. The largest absolute Gasteiger partial charge is 0.381 e. The molecular weight excluding hydrogens is 244 g/mol. The predicted molar refractivity (Wildman–Crippen MR) is 72.7 cm³/mol. The monoisotopic (exact) mass is 264 g/mol. The second-order valence-corrected chi connectivity index (χ2v) is 4.69. The third kappa shape index (κ3) is 4.63. The summed E-state index contributed by atoms with van der Waals surface area (Å²) in [4.78, 5) is 11.6. The molecule has 1 saturated heterocycles. The SMILES string of the molecule is NCc1ccc(NC(=O)COCC2CCOC2)cc1. The summed E-state index contributed by atoms with van der Waals surface area (Å²) in [6.07, 6.45) is 1.02. The molecule has 0 aliphatic carbocycles. The molecule has 1 aromatic carbocycles. The van der Waals surface area contributed by atoms with E-state index in [0.717, 1.165) is 30.9 Å². The van der Waals surface area contributed by atoms with Crippen LogP contribution in [0.2, 0.25) is 0 Å². The molecule has 1 aliphatic rings. The summed E-state index contributed by atoms with van der Waals surface area (Å²) < 4.78 is 10.6. The van der Waals surface area contributed by atoms with Crippen molar-refractivity contribution in [1.29, 1.82) is 0 Å². The van der Waals surface area contributed by atoms with Crippen LogP contribution in [0.15, 0.2) is 24.3 Å². The first kappa shape index (κ1) is 14.0. The van der Waals surface area contributed by atoms with E-state index in [1.54, 1.807) is 0 Å². The average molecular weight is 264 g/mol. The Bertz CT molecular complexity index is 400. The number of carbonyl (C=O) groups is 1. The van der Waals surface area contributed by atoms with Gasteiger partial charge >= 0.3 is 0 Å². The second kappa shape index (κ2) is 7.23. The van der Waals surface area contributed by atoms with Crippen LogP contribution in [-0.2, 0) is 20.8 Å². The van der Waals surface area contributed by atoms with E-state index in [0.29, 0.717) is 19.1 Å². The van der Waals surface area contributed by atoms with Crippen LogP contribution >= 0.6 is 0 Å². The summed E-state index contributed by atoms with van der Waals surface area (Å²) in [6.45, 7) is 2.70. The van der Waals surface area contributed by atoms with E-state index in [2.05, 4.69) is 5.32 Å². The fourth-order valence-electron chi connectivity index (χ4n) is 1.95. The van der Waals surface area contributed by atoms with Crippen LogP contribution in [0.3, 0.4) is 0 Å². The van der Waals surface area contributed by atoms with Crippen LogP contribution in [0, 0.1) is 5.92 Å². The van der Waals surface area contributed by atoms with Gasteiger partial charge in [0.05, 0.1) is 13.2 Å². The number of rotatable bonds is 6. The molecule has 1 aliphatic heterocycles. The molecule has 1 amide bonds. The van der Waals surface area contributed by atoms with Crippen molar-refractivity contribution >= 4 is 11.6 Å². The first-order chi connectivity index (χ1) is 9.28. The highest BCUT2D eigenvalue weighted by Gasteiger charge is 2.16. The number of ether oxygens (including phenoxy) is 2. The van der Waals surface area contributed by atoms with Gasteiger partial charge in [-0.25, -0.2) is 0 Å². The van der Waals surface area contributed by atoms with Gasteiger partial charge < -0.3 is 20.5 Å². The number of anilines is 1. The lowest BCUT2D eigenvalue weighted by molar-refractivity contribution is -0.121. The molecule has 104 valence electrons. The number of carbonyl (C=O) groups excluding carboxylic acids is 1. The quantitative estimate of drug-likeness (QED) is 0.808. The zero-order chi connectivity index (χ0) is 13.5. The Morgan fingerprint density at radius 3 is 2.84 bits per heavy atom. The highest BCUT2D eigenvalue weighted by Crippen LogP contribution is 2.12. The van der Waals surface area contributed by atoms with Crippen molar-refractivity contribution in [2.24, 2.45) is 11.7 Å². The first-order valence-electron chi connectivity index (χ1n) is 6.52. The van der Waals surface area contributed by atoms with Crippen LogP contribution in [0.4, 0.5) is 5.69 Å². The van der Waals surface area contributed by atoms with E-state index in [4.69, 9.17) is 15.2 Å². The molecule has 1 unspecified atom stereocenters. The lowest BCUT2D eigenvalue weighted by Crippen LogP contribution is -2.21. The van der Waals surface area contributed by atoms with Gasteiger partial charge in [-0.15, -0.1) is 0 Å². The van der Waals surface area contributed by atoms with E-state index < -0.39 is 0 Å². The number of amides is 1. The fraction of sp³-hybridized carbons (Fsp3) is 0.500. The van der Waals surface area contributed by atoms with E-state index in [9.17, 15) is 4.79 Å². The van der Waals surface area contributed by atoms with Crippen LogP contribution in [0.25, 0.3) is 0 Å². The highest BCUT2D eigenvalue weighted by molar-refractivity contribution is 5.91. The number of hydrogen-bond donors (Lipinski definition) is 2. The summed E-state index contributed by atoms with van der Waals surface area (Å²) in [5, 5.41) is 2.78. The molecule has 1 heterocycles. The highest BCUT2D eigenvalue weighted by atomic mass is 16.5. The molecular formula is C14H20N2O3. The van der Waals surface area contributed by atoms with Crippen molar-refractivity contribution < 1.29 is 14.3 Å². The third-order valence-electron chi connectivity index (χ3n) is 3.08. The molecule has 0 radical (unpaired) electrons. The lowest BCUT2D eigenvalue weighted by atomic mass is 10.1. The third-order valence-corrected chi connectivity index (χ3v) is 3.08. The molecule has 5 nitrogen and oxygen atoms in total. The Morgan fingerprint density at radius 2 is 2.21 bits per heavy atom. The molecule has 19 heavy (non-hydrogen) atoms. The van der Waals surface area contributed by atoms with E-state index >= 15 is 0 Å². The molecule has 1 aromatic rings. The molecule has 0 spiro atoms. The Labute approximate surface area is 113 Å². The van der Waals surface area contributed by atoms with Gasteiger partial charge in [-0.2, -0.15) is 0 Å². The Hall–Kier alpha value is -1.43.